The Morgan fingerprint density at radius 2 is 1.88 bits per heavy atom. The van der Waals surface area contributed by atoms with Crippen molar-refractivity contribution in [2.75, 3.05) is 31.6 Å². The summed E-state index contributed by atoms with van der Waals surface area (Å²) in [5.41, 5.74) is 2.37. The Morgan fingerprint density at radius 1 is 1.24 bits per heavy atom. The van der Waals surface area contributed by atoms with Crippen molar-refractivity contribution in [2.24, 2.45) is 11.8 Å². The Kier molecular flexibility index (Phi) is 5.84. The van der Waals surface area contributed by atoms with Gasteiger partial charge >= 0.3 is 6.03 Å². The van der Waals surface area contributed by atoms with Crippen molar-refractivity contribution in [3.05, 3.63) is 29.8 Å². The topological polar surface area (TPSA) is 55.8 Å². The molecule has 2 fully saturated rings. The number of piperidine rings is 1. The molecule has 1 atom stereocenters. The molecule has 0 bridgehead atoms. The fourth-order valence-corrected chi connectivity index (χ4v) is 3.40. The van der Waals surface area contributed by atoms with Crippen LogP contribution in [0.3, 0.4) is 0 Å². The predicted molar refractivity (Wildman–Crippen MR) is 101 cm³/mol. The van der Waals surface area contributed by atoms with Gasteiger partial charge in [-0.25, -0.2) is 4.79 Å². The van der Waals surface area contributed by atoms with Crippen LogP contribution < -0.4 is 10.2 Å². The van der Waals surface area contributed by atoms with Crippen molar-refractivity contribution >= 4 is 11.7 Å². The predicted octanol–water partition coefficient (Wildman–Crippen LogP) is 2.84. The van der Waals surface area contributed by atoms with E-state index < -0.39 is 0 Å². The number of rotatable bonds is 6. The van der Waals surface area contributed by atoms with Crippen molar-refractivity contribution in [3.63, 3.8) is 0 Å². The monoisotopic (exact) mass is 345 g/mol. The van der Waals surface area contributed by atoms with E-state index in [1.807, 2.05) is 0 Å². The lowest BCUT2D eigenvalue weighted by atomic mass is 9.99. The average Bonchev–Trinajstić information content (AvgIpc) is 3.46. The zero-order chi connectivity index (χ0) is 17.8. The molecular formula is C20H31N3O2. The first-order valence-electron chi connectivity index (χ1n) is 9.54. The first-order valence-corrected chi connectivity index (χ1v) is 9.54. The molecule has 5 heteroatoms. The van der Waals surface area contributed by atoms with Gasteiger partial charge in [0.2, 0.25) is 0 Å². The second-order valence-electron chi connectivity index (χ2n) is 7.78. The highest BCUT2D eigenvalue weighted by Crippen LogP contribution is 2.32. The molecule has 2 aliphatic rings. The number of hydrogen-bond donors (Lipinski definition) is 2. The largest absolute Gasteiger partial charge is 0.391 e. The lowest BCUT2D eigenvalue weighted by Gasteiger charge is -2.32. The van der Waals surface area contributed by atoms with E-state index in [1.165, 1.54) is 18.5 Å². The summed E-state index contributed by atoms with van der Waals surface area (Å²) in [5.74, 6) is 1.22. The molecule has 1 aromatic carbocycles. The van der Waals surface area contributed by atoms with Crippen molar-refractivity contribution in [3.8, 4) is 0 Å². The van der Waals surface area contributed by atoms with E-state index in [0.717, 1.165) is 37.4 Å². The molecule has 1 aliphatic carbocycles. The minimum Gasteiger partial charge on any atom is -0.391 e. The molecule has 2 N–H and O–H groups in total. The second-order valence-corrected chi connectivity index (χ2v) is 7.78. The molecule has 1 heterocycles. The van der Waals surface area contributed by atoms with Crippen LogP contribution >= 0.6 is 0 Å². The van der Waals surface area contributed by atoms with Gasteiger partial charge in [-0.1, -0.05) is 19.1 Å². The molecule has 1 saturated heterocycles. The first-order chi connectivity index (χ1) is 12.0. The molecule has 2 amide bonds. The first kappa shape index (κ1) is 18.1. The number of benzene rings is 1. The van der Waals surface area contributed by atoms with Gasteiger partial charge in [0, 0.05) is 38.9 Å². The van der Waals surface area contributed by atoms with Crippen molar-refractivity contribution in [2.45, 2.75) is 45.3 Å². The number of aliphatic hydroxyl groups excluding tert-OH is 1. The third-order valence-corrected chi connectivity index (χ3v) is 5.50. The lowest BCUT2D eigenvalue weighted by molar-refractivity contribution is 0.113. The number of amides is 2. The minimum atomic E-state index is -0.387. The highest BCUT2D eigenvalue weighted by atomic mass is 16.3. The number of urea groups is 1. The summed E-state index contributed by atoms with van der Waals surface area (Å²) in [6.07, 6.45) is 4.30. The standard InChI is InChI=1S/C20H31N3O2/c1-15-9-11-23(12-10-15)18-7-3-16(4-8-18)13-21-20(25)22(2)14-19(24)17-5-6-17/h3-4,7-8,15,17,19,24H,5-6,9-14H2,1-2H3,(H,21,25). The Hall–Kier alpha value is -1.75. The second kappa shape index (κ2) is 8.09. The SMILES string of the molecule is CC1CCN(c2ccc(CNC(=O)N(C)CC(O)C3CC3)cc2)CC1. The average molecular weight is 345 g/mol. The highest BCUT2D eigenvalue weighted by Gasteiger charge is 2.31. The summed E-state index contributed by atoms with van der Waals surface area (Å²) in [4.78, 5) is 16.2. The number of hydrogen-bond acceptors (Lipinski definition) is 3. The van der Waals surface area contributed by atoms with Gasteiger partial charge in [-0.05, 0) is 55.2 Å². The van der Waals surface area contributed by atoms with Crippen LogP contribution in [0.15, 0.2) is 24.3 Å². The number of aliphatic hydroxyl groups is 1. The molecule has 1 aliphatic heterocycles. The molecule has 1 aromatic rings. The smallest absolute Gasteiger partial charge is 0.317 e. The van der Waals surface area contributed by atoms with E-state index in [-0.39, 0.29) is 12.1 Å². The number of nitrogens with one attached hydrogen (secondary N) is 1. The van der Waals surface area contributed by atoms with Gasteiger partial charge in [0.25, 0.3) is 0 Å². The van der Waals surface area contributed by atoms with E-state index in [1.54, 1.807) is 11.9 Å². The molecule has 3 rings (SSSR count). The van der Waals surface area contributed by atoms with Gasteiger partial charge in [0.05, 0.1) is 6.10 Å². The molecule has 25 heavy (non-hydrogen) atoms. The molecule has 1 saturated carbocycles. The maximum Gasteiger partial charge on any atom is 0.317 e. The van der Waals surface area contributed by atoms with Gasteiger partial charge in [0.1, 0.15) is 0 Å². The van der Waals surface area contributed by atoms with Gasteiger partial charge < -0.3 is 20.2 Å². The van der Waals surface area contributed by atoms with Crippen molar-refractivity contribution in [1.82, 2.24) is 10.2 Å². The third-order valence-electron chi connectivity index (χ3n) is 5.50. The van der Waals surface area contributed by atoms with Gasteiger partial charge in [-0.3, -0.25) is 0 Å². The normalized spacial score (nSPS) is 19.6. The van der Waals surface area contributed by atoms with Crippen LogP contribution in [0.25, 0.3) is 0 Å². The molecule has 1 unspecified atom stereocenters. The summed E-state index contributed by atoms with van der Waals surface area (Å²) in [6, 6.07) is 8.35. The highest BCUT2D eigenvalue weighted by molar-refractivity contribution is 5.73. The molecule has 0 radical (unpaired) electrons. The van der Waals surface area contributed by atoms with Crippen LogP contribution in [-0.2, 0) is 6.54 Å². The zero-order valence-corrected chi connectivity index (χ0v) is 15.4. The molecular weight excluding hydrogens is 314 g/mol. The summed E-state index contributed by atoms with van der Waals surface area (Å²) in [7, 11) is 1.74. The fourth-order valence-electron chi connectivity index (χ4n) is 3.40. The van der Waals surface area contributed by atoms with Crippen LogP contribution in [0.4, 0.5) is 10.5 Å². The summed E-state index contributed by atoms with van der Waals surface area (Å²) >= 11 is 0. The maximum absolute atomic E-state index is 12.1. The van der Waals surface area contributed by atoms with Crippen LogP contribution in [0.2, 0.25) is 0 Å². The summed E-state index contributed by atoms with van der Waals surface area (Å²) < 4.78 is 0. The molecule has 138 valence electrons. The van der Waals surface area contributed by atoms with E-state index in [2.05, 4.69) is 41.4 Å². The molecule has 5 nitrogen and oxygen atoms in total. The van der Waals surface area contributed by atoms with E-state index in [0.29, 0.717) is 19.0 Å². The fraction of sp³-hybridized carbons (Fsp3) is 0.650. The van der Waals surface area contributed by atoms with E-state index in [9.17, 15) is 9.90 Å². The minimum absolute atomic E-state index is 0.131. The van der Waals surface area contributed by atoms with Crippen molar-refractivity contribution in [1.29, 1.82) is 0 Å². The summed E-state index contributed by atoms with van der Waals surface area (Å²) in [6.45, 7) is 5.50. The third kappa shape index (κ3) is 5.11. The Morgan fingerprint density at radius 3 is 2.48 bits per heavy atom. The Labute approximate surface area is 151 Å². The van der Waals surface area contributed by atoms with Crippen LogP contribution in [-0.4, -0.2) is 48.8 Å². The number of anilines is 1. The quantitative estimate of drug-likeness (QED) is 0.833. The lowest BCUT2D eigenvalue weighted by Crippen LogP contribution is -2.41. The Bertz CT molecular complexity index is 563. The maximum atomic E-state index is 12.1. The van der Waals surface area contributed by atoms with Crippen LogP contribution in [0, 0.1) is 11.8 Å². The van der Waals surface area contributed by atoms with E-state index >= 15 is 0 Å². The Balaban J connectivity index is 1.44. The molecule has 0 aromatic heterocycles. The van der Waals surface area contributed by atoms with Gasteiger partial charge in [-0.2, -0.15) is 0 Å². The number of carbonyl (C=O) groups is 1. The van der Waals surface area contributed by atoms with Gasteiger partial charge in [-0.15, -0.1) is 0 Å². The van der Waals surface area contributed by atoms with E-state index in [4.69, 9.17) is 0 Å². The number of likely N-dealkylation sites (N-methyl/N-ethyl adjacent to an activating group) is 1. The zero-order valence-electron chi connectivity index (χ0n) is 15.4. The van der Waals surface area contributed by atoms with Crippen molar-refractivity contribution < 1.29 is 9.90 Å². The van der Waals surface area contributed by atoms with Crippen LogP contribution in [0.1, 0.15) is 38.2 Å². The molecule has 0 spiro atoms. The summed E-state index contributed by atoms with van der Waals surface area (Å²) in [5, 5.41) is 12.9. The van der Waals surface area contributed by atoms with Gasteiger partial charge in [0.15, 0.2) is 0 Å². The van der Waals surface area contributed by atoms with Crippen LogP contribution in [0.5, 0.6) is 0 Å². The number of carbonyl (C=O) groups excluding carboxylic acids is 1. The number of nitrogens with zero attached hydrogens (tertiary/aromatic N) is 2.